The van der Waals surface area contributed by atoms with Gasteiger partial charge in [0.2, 0.25) is 0 Å². The highest BCUT2D eigenvalue weighted by atomic mass is 16.3. The molecule has 0 spiro atoms. The Labute approximate surface area is 272 Å². The predicted molar refractivity (Wildman–Crippen MR) is 194 cm³/mol. The molecule has 1 atom stereocenters. The van der Waals surface area contributed by atoms with E-state index in [2.05, 4.69) is 133 Å². The monoisotopic (exact) mass is 603 g/mol. The van der Waals surface area contributed by atoms with Crippen LogP contribution in [0.2, 0.25) is 0 Å². The van der Waals surface area contributed by atoms with Gasteiger partial charge in [0.15, 0.2) is 5.84 Å². The topological polar surface area (TPSA) is 49.9 Å². The van der Waals surface area contributed by atoms with Crippen molar-refractivity contribution in [3.8, 4) is 22.3 Å². The number of furan rings is 1. The number of hydrogen-bond acceptors (Lipinski definition) is 4. The molecule has 1 N–H and O–H groups in total. The Balaban J connectivity index is 1.14. The van der Waals surface area contributed by atoms with Gasteiger partial charge < -0.3 is 9.73 Å². The van der Waals surface area contributed by atoms with Crippen molar-refractivity contribution in [2.24, 2.45) is 9.98 Å². The lowest BCUT2D eigenvalue weighted by Crippen LogP contribution is -2.33. The van der Waals surface area contributed by atoms with Gasteiger partial charge in [-0.05, 0) is 62.9 Å². The summed E-state index contributed by atoms with van der Waals surface area (Å²) in [4.78, 5) is 10.2. The molecule has 0 bridgehead atoms. The van der Waals surface area contributed by atoms with E-state index in [0.717, 1.165) is 61.2 Å². The minimum Gasteiger partial charge on any atom is -0.456 e. The molecule has 7 aromatic carbocycles. The van der Waals surface area contributed by atoms with Crippen molar-refractivity contribution in [2.45, 2.75) is 6.17 Å². The average molecular weight is 604 g/mol. The van der Waals surface area contributed by atoms with Gasteiger partial charge in [-0.3, -0.25) is 0 Å². The van der Waals surface area contributed by atoms with E-state index in [9.17, 15) is 0 Å². The van der Waals surface area contributed by atoms with Crippen molar-refractivity contribution in [1.29, 1.82) is 0 Å². The van der Waals surface area contributed by atoms with Crippen LogP contribution in [0.25, 0.3) is 55.0 Å². The standard InChI is InChI=1S/C43H29N3O/c1-3-10-28(11-4-1)30-18-21-32(22-19-30)42-44-41(31-13-5-2-6-14-31)45-43(46-42)37-16-9-17-38-40(37)36-25-24-35(27-39(36)47-38)34-23-20-29-12-7-8-15-33(29)26-34/h1-27,41H,(H,44,45,46). The summed E-state index contributed by atoms with van der Waals surface area (Å²) in [6, 6.07) is 56.9. The molecular weight excluding hydrogens is 574 g/mol. The molecule has 0 aliphatic carbocycles. The molecule has 1 aliphatic rings. The molecule has 2 heterocycles. The van der Waals surface area contributed by atoms with Crippen molar-refractivity contribution >= 4 is 44.4 Å². The summed E-state index contributed by atoms with van der Waals surface area (Å²) >= 11 is 0. The van der Waals surface area contributed by atoms with Gasteiger partial charge in [0.25, 0.3) is 0 Å². The van der Waals surface area contributed by atoms with Gasteiger partial charge >= 0.3 is 0 Å². The van der Waals surface area contributed by atoms with Crippen LogP contribution in [-0.4, -0.2) is 11.7 Å². The normalized spacial score (nSPS) is 14.6. The zero-order valence-electron chi connectivity index (χ0n) is 25.5. The van der Waals surface area contributed by atoms with Gasteiger partial charge in [-0.25, -0.2) is 9.98 Å². The summed E-state index contributed by atoms with van der Waals surface area (Å²) in [7, 11) is 0. The average Bonchev–Trinajstić information content (AvgIpc) is 3.53. The molecule has 1 aromatic heterocycles. The molecule has 1 aliphatic heterocycles. The summed E-state index contributed by atoms with van der Waals surface area (Å²) in [5, 5.41) is 8.18. The molecule has 4 heteroatoms. The summed E-state index contributed by atoms with van der Waals surface area (Å²) in [5.41, 5.74) is 9.31. The van der Waals surface area contributed by atoms with Crippen LogP contribution in [0.4, 0.5) is 0 Å². The fraction of sp³-hybridized carbons (Fsp3) is 0.0233. The quantitative estimate of drug-likeness (QED) is 0.213. The van der Waals surface area contributed by atoms with Gasteiger partial charge in [-0.1, -0.05) is 140 Å². The number of hydrogen-bond donors (Lipinski definition) is 1. The van der Waals surface area contributed by atoms with Crippen molar-refractivity contribution in [2.75, 3.05) is 0 Å². The molecular formula is C43H29N3O. The van der Waals surface area contributed by atoms with Crippen molar-refractivity contribution in [1.82, 2.24) is 5.32 Å². The Bertz CT molecular complexity index is 2480. The van der Waals surface area contributed by atoms with Crippen LogP contribution < -0.4 is 5.32 Å². The summed E-state index contributed by atoms with van der Waals surface area (Å²) < 4.78 is 6.50. The second-order valence-electron chi connectivity index (χ2n) is 11.9. The van der Waals surface area contributed by atoms with E-state index in [1.807, 2.05) is 36.4 Å². The fourth-order valence-electron chi connectivity index (χ4n) is 6.54. The van der Waals surface area contributed by atoms with Crippen LogP contribution in [0.5, 0.6) is 0 Å². The first-order chi connectivity index (χ1) is 23.3. The third-order valence-corrected chi connectivity index (χ3v) is 8.94. The second-order valence-corrected chi connectivity index (χ2v) is 11.9. The minimum atomic E-state index is -0.291. The number of benzene rings is 7. The van der Waals surface area contributed by atoms with Crippen LogP contribution in [0.15, 0.2) is 178 Å². The van der Waals surface area contributed by atoms with E-state index >= 15 is 0 Å². The van der Waals surface area contributed by atoms with E-state index in [0.29, 0.717) is 5.84 Å². The predicted octanol–water partition coefficient (Wildman–Crippen LogP) is 10.6. The Morgan fingerprint density at radius 3 is 1.98 bits per heavy atom. The lowest BCUT2D eigenvalue weighted by Gasteiger charge is -2.24. The van der Waals surface area contributed by atoms with E-state index in [4.69, 9.17) is 14.4 Å². The zero-order chi connectivity index (χ0) is 31.2. The molecule has 9 rings (SSSR count). The molecule has 0 fully saturated rings. The molecule has 222 valence electrons. The lowest BCUT2D eigenvalue weighted by molar-refractivity contribution is 0.668. The van der Waals surface area contributed by atoms with Gasteiger partial charge in [0, 0.05) is 21.9 Å². The Morgan fingerprint density at radius 2 is 1.15 bits per heavy atom. The SMILES string of the molecule is c1ccc(-c2ccc(C3=NC(c4ccccc4)NC(c4cccc5oc6cc(-c7ccc8ccccc8c7)ccc6c45)=N3)cc2)cc1. The number of nitrogens with zero attached hydrogens (tertiary/aromatic N) is 2. The first-order valence-electron chi connectivity index (χ1n) is 15.9. The van der Waals surface area contributed by atoms with Crippen molar-refractivity contribution < 1.29 is 4.42 Å². The minimum absolute atomic E-state index is 0.291. The lowest BCUT2D eigenvalue weighted by atomic mass is 9.99. The van der Waals surface area contributed by atoms with Gasteiger partial charge in [0.05, 0.1) is 0 Å². The molecule has 0 radical (unpaired) electrons. The van der Waals surface area contributed by atoms with Crippen molar-refractivity contribution in [3.63, 3.8) is 0 Å². The second kappa shape index (κ2) is 11.3. The van der Waals surface area contributed by atoms with E-state index in [-0.39, 0.29) is 6.17 Å². The summed E-state index contributed by atoms with van der Waals surface area (Å²) in [5.74, 6) is 1.46. The van der Waals surface area contributed by atoms with Crippen molar-refractivity contribution in [3.05, 3.63) is 180 Å². The van der Waals surface area contributed by atoms with Gasteiger partial charge in [-0.15, -0.1) is 0 Å². The third kappa shape index (κ3) is 4.97. The molecule has 0 saturated carbocycles. The third-order valence-electron chi connectivity index (χ3n) is 8.94. The Morgan fingerprint density at radius 1 is 0.489 bits per heavy atom. The largest absolute Gasteiger partial charge is 0.456 e. The number of nitrogens with one attached hydrogen (secondary N) is 1. The smallest absolute Gasteiger partial charge is 0.159 e. The van der Waals surface area contributed by atoms with Crippen LogP contribution in [0.3, 0.4) is 0 Å². The van der Waals surface area contributed by atoms with E-state index in [1.165, 1.54) is 16.3 Å². The molecule has 0 amide bonds. The summed E-state index contributed by atoms with van der Waals surface area (Å²) in [6.07, 6.45) is -0.291. The summed E-state index contributed by atoms with van der Waals surface area (Å²) in [6.45, 7) is 0. The molecule has 8 aromatic rings. The molecule has 47 heavy (non-hydrogen) atoms. The van der Waals surface area contributed by atoms with Crippen LogP contribution in [0.1, 0.15) is 22.9 Å². The molecule has 1 unspecified atom stereocenters. The van der Waals surface area contributed by atoms with E-state index in [1.54, 1.807) is 0 Å². The highest BCUT2D eigenvalue weighted by Crippen LogP contribution is 2.36. The maximum atomic E-state index is 6.50. The van der Waals surface area contributed by atoms with E-state index < -0.39 is 0 Å². The number of fused-ring (bicyclic) bond motifs is 4. The Kier molecular flexibility index (Phi) is 6.50. The highest BCUT2D eigenvalue weighted by molar-refractivity contribution is 6.22. The highest BCUT2D eigenvalue weighted by Gasteiger charge is 2.24. The van der Waals surface area contributed by atoms with Gasteiger partial charge in [0.1, 0.15) is 23.2 Å². The van der Waals surface area contributed by atoms with Gasteiger partial charge in [-0.2, -0.15) is 0 Å². The molecule has 0 saturated heterocycles. The fourth-order valence-corrected chi connectivity index (χ4v) is 6.54. The van der Waals surface area contributed by atoms with Crippen LogP contribution >= 0.6 is 0 Å². The maximum absolute atomic E-state index is 6.50. The maximum Gasteiger partial charge on any atom is 0.159 e. The Hall–Kier alpha value is -6.26. The molecule has 4 nitrogen and oxygen atoms in total. The zero-order valence-corrected chi connectivity index (χ0v) is 25.5. The first kappa shape index (κ1) is 27.1. The van der Waals surface area contributed by atoms with Crippen LogP contribution in [-0.2, 0) is 0 Å². The number of rotatable bonds is 5. The first-order valence-corrected chi connectivity index (χ1v) is 15.9. The van der Waals surface area contributed by atoms with Crippen LogP contribution in [0, 0.1) is 0 Å². The number of amidine groups is 2. The number of aliphatic imine (C=N–C) groups is 2.